The Hall–Kier alpha value is -3.00. The Kier molecular flexibility index (Phi) is 6.18. The summed E-state index contributed by atoms with van der Waals surface area (Å²) >= 11 is 0. The van der Waals surface area contributed by atoms with E-state index < -0.39 is 35.2 Å². The van der Waals surface area contributed by atoms with Crippen LogP contribution in [0.2, 0.25) is 0 Å². The molecular weight excluding hydrogens is 408 g/mol. The first-order valence-corrected chi connectivity index (χ1v) is 10.1. The standard InChI is InChI=1S/C23H22F4N4/c24-16-9-11-31(13-20(16)28)21-8-10-29-12-14(21)4-5-15-6-7-19(27)23(30-15)22-17(25)2-1-3-18(22)26/h1-3,6-8,10,12,16,20H,4-5,9,11,13,28H2/t16-,20-/m1/s1. The molecule has 0 saturated carbocycles. The van der Waals surface area contributed by atoms with Gasteiger partial charge in [-0.2, -0.15) is 0 Å². The van der Waals surface area contributed by atoms with Crippen LogP contribution in [-0.4, -0.2) is 35.3 Å². The van der Waals surface area contributed by atoms with E-state index in [9.17, 15) is 17.6 Å². The normalized spacial score (nSPS) is 18.9. The van der Waals surface area contributed by atoms with Gasteiger partial charge in [0.25, 0.3) is 0 Å². The van der Waals surface area contributed by atoms with Crippen molar-refractivity contribution in [2.75, 3.05) is 18.0 Å². The Bertz CT molecular complexity index is 1050. The first-order chi connectivity index (χ1) is 14.9. The number of aryl methyl sites for hydroxylation is 2. The van der Waals surface area contributed by atoms with Crippen molar-refractivity contribution < 1.29 is 17.6 Å². The fourth-order valence-corrected chi connectivity index (χ4v) is 3.88. The highest BCUT2D eigenvalue weighted by atomic mass is 19.1. The van der Waals surface area contributed by atoms with E-state index in [0.717, 1.165) is 23.4 Å². The lowest BCUT2D eigenvalue weighted by Crippen LogP contribution is -2.50. The summed E-state index contributed by atoms with van der Waals surface area (Å²) in [5.41, 5.74) is 7.39. The summed E-state index contributed by atoms with van der Waals surface area (Å²) in [6.07, 6.45) is 3.67. The molecule has 31 heavy (non-hydrogen) atoms. The lowest BCUT2D eigenvalue weighted by Gasteiger charge is -2.35. The lowest BCUT2D eigenvalue weighted by atomic mass is 10.0. The molecule has 0 radical (unpaired) electrons. The Balaban J connectivity index is 1.56. The van der Waals surface area contributed by atoms with Gasteiger partial charge in [0.05, 0.1) is 11.6 Å². The third kappa shape index (κ3) is 4.54. The van der Waals surface area contributed by atoms with Gasteiger partial charge in [-0.1, -0.05) is 6.07 Å². The van der Waals surface area contributed by atoms with Crippen molar-refractivity contribution in [1.82, 2.24) is 9.97 Å². The number of pyridine rings is 2. The lowest BCUT2D eigenvalue weighted by molar-refractivity contribution is 0.244. The minimum absolute atomic E-state index is 0.351. The van der Waals surface area contributed by atoms with Crippen LogP contribution in [0.1, 0.15) is 17.7 Å². The monoisotopic (exact) mass is 430 g/mol. The molecule has 0 spiro atoms. The van der Waals surface area contributed by atoms with Crippen LogP contribution in [0.15, 0.2) is 48.8 Å². The number of anilines is 1. The Labute approximate surface area is 177 Å². The average Bonchev–Trinajstić information content (AvgIpc) is 2.76. The number of aromatic nitrogens is 2. The van der Waals surface area contributed by atoms with Crippen LogP contribution in [0.4, 0.5) is 23.2 Å². The van der Waals surface area contributed by atoms with Gasteiger partial charge in [-0.05, 0) is 55.2 Å². The van der Waals surface area contributed by atoms with Gasteiger partial charge in [-0.3, -0.25) is 4.98 Å². The maximum absolute atomic E-state index is 14.3. The van der Waals surface area contributed by atoms with Gasteiger partial charge in [-0.25, -0.2) is 22.5 Å². The Morgan fingerprint density at radius 3 is 2.52 bits per heavy atom. The molecule has 2 atom stereocenters. The number of nitrogens with zero attached hydrogens (tertiary/aromatic N) is 3. The summed E-state index contributed by atoms with van der Waals surface area (Å²) in [5.74, 6) is -2.53. The quantitative estimate of drug-likeness (QED) is 0.616. The van der Waals surface area contributed by atoms with E-state index in [1.54, 1.807) is 12.4 Å². The molecule has 0 bridgehead atoms. The molecule has 1 fully saturated rings. The number of piperidine rings is 1. The van der Waals surface area contributed by atoms with Gasteiger partial charge < -0.3 is 10.6 Å². The number of nitrogens with two attached hydrogens (primary N) is 1. The predicted octanol–water partition coefficient (Wildman–Crippen LogP) is 4.22. The van der Waals surface area contributed by atoms with Gasteiger partial charge in [0.1, 0.15) is 29.3 Å². The molecule has 2 aromatic heterocycles. The fraction of sp³-hybridized carbons (Fsp3) is 0.304. The van der Waals surface area contributed by atoms with Gasteiger partial charge in [0.2, 0.25) is 0 Å². The molecule has 0 unspecified atom stereocenters. The van der Waals surface area contributed by atoms with Crippen molar-refractivity contribution in [1.29, 1.82) is 0 Å². The molecule has 2 N–H and O–H groups in total. The number of halogens is 4. The summed E-state index contributed by atoms with van der Waals surface area (Å²) in [4.78, 5) is 10.4. The van der Waals surface area contributed by atoms with Crippen molar-refractivity contribution in [2.45, 2.75) is 31.5 Å². The number of hydrogen-bond donors (Lipinski definition) is 1. The van der Waals surface area contributed by atoms with Crippen LogP contribution in [0.3, 0.4) is 0 Å². The third-order valence-electron chi connectivity index (χ3n) is 5.54. The molecule has 4 rings (SSSR count). The van der Waals surface area contributed by atoms with Crippen LogP contribution in [0, 0.1) is 17.5 Å². The second-order valence-corrected chi connectivity index (χ2v) is 7.65. The molecule has 8 heteroatoms. The van der Waals surface area contributed by atoms with E-state index >= 15 is 0 Å². The number of benzene rings is 1. The smallest absolute Gasteiger partial charge is 0.149 e. The molecule has 1 saturated heterocycles. The summed E-state index contributed by atoms with van der Waals surface area (Å²) in [6.45, 7) is 0.959. The number of alkyl halides is 1. The van der Waals surface area contributed by atoms with Crippen LogP contribution in [0.5, 0.6) is 0 Å². The van der Waals surface area contributed by atoms with Crippen molar-refractivity contribution in [3.05, 3.63) is 77.5 Å². The average molecular weight is 430 g/mol. The molecule has 3 aromatic rings. The summed E-state index contributed by atoms with van der Waals surface area (Å²) < 4.78 is 56.3. The minimum Gasteiger partial charge on any atom is -0.369 e. The molecule has 162 valence electrons. The minimum atomic E-state index is -1.01. The summed E-state index contributed by atoms with van der Waals surface area (Å²) in [7, 11) is 0. The van der Waals surface area contributed by atoms with Crippen molar-refractivity contribution >= 4 is 5.69 Å². The third-order valence-corrected chi connectivity index (χ3v) is 5.54. The van der Waals surface area contributed by atoms with Crippen molar-refractivity contribution in [2.24, 2.45) is 5.73 Å². The molecule has 3 heterocycles. The predicted molar refractivity (Wildman–Crippen MR) is 111 cm³/mol. The molecule has 4 nitrogen and oxygen atoms in total. The molecular formula is C23H22F4N4. The first kappa shape index (κ1) is 21.2. The molecule has 0 amide bonds. The highest BCUT2D eigenvalue weighted by Crippen LogP contribution is 2.28. The SMILES string of the molecule is N[C@@H]1CN(c2ccncc2CCc2ccc(F)c(-c3c(F)cccc3F)n2)CC[C@H]1F. The molecule has 1 aliphatic heterocycles. The van der Waals surface area contributed by atoms with Crippen LogP contribution >= 0.6 is 0 Å². The van der Waals surface area contributed by atoms with Gasteiger partial charge in [-0.15, -0.1) is 0 Å². The van der Waals surface area contributed by atoms with Gasteiger partial charge in [0, 0.05) is 36.9 Å². The summed E-state index contributed by atoms with van der Waals surface area (Å²) in [5, 5.41) is 0. The zero-order valence-corrected chi connectivity index (χ0v) is 16.7. The Morgan fingerprint density at radius 2 is 1.77 bits per heavy atom. The van der Waals surface area contributed by atoms with Gasteiger partial charge in [0.15, 0.2) is 0 Å². The van der Waals surface area contributed by atoms with Crippen molar-refractivity contribution in [3.8, 4) is 11.3 Å². The first-order valence-electron chi connectivity index (χ1n) is 10.1. The second-order valence-electron chi connectivity index (χ2n) is 7.65. The van der Waals surface area contributed by atoms with E-state index in [1.807, 2.05) is 11.0 Å². The number of rotatable bonds is 5. The second kappa shape index (κ2) is 9.01. The van der Waals surface area contributed by atoms with Crippen LogP contribution < -0.4 is 10.6 Å². The maximum atomic E-state index is 14.3. The van der Waals surface area contributed by atoms with E-state index in [4.69, 9.17) is 5.73 Å². The van der Waals surface area contributed by atoms with E-state index in [2.05, 4.69) is 9.97 Å². The maximum Gasteiger partial charge on any atom is 0.149 e. The highest BCUT2D eigenvalue weighted by Gasteiger charge is 2.27. The largest absolute Gasteiger partial charge is 0.369 e. The topological polar surface area (TPSA) is 55.0 Å². The molecule has 1 aromatic carbocycles. The van der Waals surface area contributed by atoms with Gasteiger partial charge >= 0.3 is 0 Å². The van der Waals surface area contributed by atoms with Crippen LogP contribution in [-0.2, 0) is 12.8 Å². The van der Waals surface area contributed by atoms with Crippen LogP contribution in [0.25, 0.3) is 11.3 Å². The Morgan fingerprint density at radius 1 is 1.00 bits per heavy atom. The summed E-state index contributed by atoms with van der Waals surface area (Å²) in [6, 6.07) is 7.33. The zero-order chi connectivity index (χ0) is 22.0. The number of hydrogen-bond acceptors (Lipinski definition) is 4. The van der Waals surface area contributed by atoms with Crippen molar-refractivity contribution in [3.63, 3.8) is 0 Å². The van der Waals surface area contributed by atoms with E-state index in [0.29, 0.717) is 38.0 Å². The van der Waals surface area contributed by atoms with E-state index in [1.165, 1.54) is 18.2 Å². The molecule has 0 aliphatic carbocycles. The molecule has 1 aliphatic rings. The van der Waals surface area contributed by atoms with E-state index in [-0.39, 0.29) is 5.69 Å². The zero-order valence-electron chi connectivity index (χ0n) is 16.7. The fourth-order valence-electron chi connectivity index (χ4n) is 3.88. The highest BCUT2D eigenvalue weighted by molar-refractivity contribution is 5.61.